The van der Waals surface area contributed by atoms with E-state index < -0.39 is 0 Å². The highest BCUT2D eigenvalue weighted by molar-refractivity contribution is 5.00. The van der Waals surface area contributed by atoms with Crippen LogP contribution in [0.2, 0.25) is 0 Å². The molecule has 0 N–H and O–H groups in total. The molecule has 0 aromatic rings. The first-order chi connectivity index (χ1) is 5.99. The van der Waals surface area contributed by atoms with Crippen molar-refractivity contribution in [3.63, 3.8) is 0 Å². The van der Waals surface area contributed by atoms with Crippen LogP contribution in [0.15, 0.2) is 23.9 Å². The molecular formula is C12H23N. The third-order valence-electron chi connectivity index (χ3n) is 2.49. The number of allylic oxidation sites excluding steroid dienone is 2. The van der Waals surface area contributed by atoms with E-state index >= 15 is 0 Å². The first kappa shape index (κ1) is 12.3. The second-order valence-electron chi connectivity index (χ2n) is 3.95. The standard InChI is InChI=1S/C12H23N/c1-7-11(4)8-9-13(6)12(5)10(2)3/h7,10H,5,8-9H2,1-4,6H3/b11-7+. The second-order valence-corrected chi connectivity index (χ2v) is 3.95. The van der Waals surface area contributed by atoms with Gasteiger partial charge in [0.05, 0.1) is 0 Å². The van der Waals surface area contributed by atoms with Crippen LogP contribution >= 0.6 is 0 Å². The van der Waals surface area contributed by atoms with Crippen molar-refractivity contribution < 1.29 is 0 Å². The fourth-order valence-electron chi connectivity index (χ4n) is 1.07. The fourth-order valence-corrected chi connectivity index (χ4v) is 1.07. The van der Waals surface area contributed by atoms with Gasteiger partial charge in [0.15, 0.2) is 0 Å². The Morgan fingerprint density at radius 2 is 2.00 bits per heavy atom. The van der Waals surface area contributed by atoms with Crippen molar-refractivity contribution in [3.8, 4) is 0 Å². The highest BCUT2D eigenvalue weighted by Gasteiger charge is 2.05. The van der Waals surface area contributed by atoms with E-state index in [9.17, 15) is 0 Å². The van der Waals surface area contributed by atoms with Crippen LogP contribution in [0, 0.1) is 5.92 Å². The van der Waals surface area contributed by atoms with Crippen LogP contribution < -0.4 is 0 Å². The van der Waals surface area contributed by atoms with Gasteiger partial charge >= 0.3 is 0 Å². The minimum atomic E-state index is 0.552. The second kappa shape index (κ2) is 5.85. The predicted octanol–water partition coefficient (Wildman–Crippen LogP) is 3.44. The zero-order chi connectivity index (χ0) is 10.4. The summed E-state index contributed by atoms with van der Waals surface area (Å²) < 4.78 is 0. The molecule has 0 radical (unpaired) electrons. The molecule has 0 aliphatic carbocycles. The molecule has 0 spiro atoms. The number of nitrogens with zero attached hydrogens (tertiary/aromatic N) is 1. The van der Waals surface area contributed by atoms with Gasteiger partial charge in [-0.25, -0.2) is 0 Å². The lowest BCUT2D eigenvalue weighted by Crippen LogP contribution is -2.21. The van der Waals surface area contributed by atoms with Gasteiger partial charge in [-0.15, -0.1) is 0 Å². The molecule has 0 aromatic heterocycles. The van der Waals surface area contributed by atoms with Crippen molar-refractivity contribution in [2.75, 3.05) is 13.6 Å². The molecule has 1 nitrogen and oxygen atoms in total. The smallest absolute Gasteiger partial charge is 0.0208 e. The molecule has 0 fully saturated rings. The summed E-state index contributed by atoms with van der Waals surface area (Å²) in [6.45, 7) is 13.8. The molecule has 0 aliphatic rings. The molecule has 0 amide bonds. The van der Waals surface area contributed by atoms with Gasteiger partial charge in [0, 0.05) is 19.3 Å². The zero-order valence-corrected chi connectivity index (χ0v) is 9.72. The van der Waals surface area contributed by atoms with E-state index in [4.69, 9.17) is 0 Å². The van der Waals surface area contributed by atoms with Crippen LogP contribution in [0.5, 0.6) is 0 Å². The SMILES string of the molecule is C=C(C(C)C)N(C)CC/C(C)=C/C. The van der Waals surface area contributed by atoms with E-state index in [1.165, 1.54) is 11.3 Å². The zero-order valence-electron chi connectivity index (χ0n) is 9.72. The monoisotopic (exact) mass is 181 g/mol. The molecule has 13 heavy (non-hydrogen) atoms. The Hall–Kier alpha value is -0.720. The van der Waals surface area contributed by atoms with Gasteiger partial charge in [-0.1, -0.05) is 32.1 Å². The Morgan fingerprint density at radius 3 is 2.38 bits per heavy atom. The van der Waals surface area contributed by atoms with Crippen LogP contribution in [0.4, 0.5) is 0 Å². The third kappa shape index (κ3) is 4.76. The van der Waals surface area contributed by atoms with Gasteiger partial charge in [-0.3, -0.25) is 0 Å². The molecule has 0 atom stereocenters. The van der Waals surface area contributed by atoms with E-state index in [0.717, 1.165) is 13.0 Å². The van der Waals surface area contributed by atoms with Gasteiger partial charge in [0.1, 0.15) is 0 Å². The van der Waals surface area contributed by atoms with Crippen LogP contribution in [0.3, 0.4) is 0 Å². The topological polar surface area (TPSA) is 3.24 Å². The Morgan fingerprint density at radius 1 is 1.46 bits per heavy atom. The quantitative estimate of drug-likeness (QED) is 0.587. The molecule has 0 unspecified atom stereocenters. The average Bonchev–Trinajstić information content (AvgIpc) is 2.11. The van der Waals surface area contributed by atoms with Gasteiger partial charge in [-0.05, 0) is 26.2 Å². The number of rotatable bonds is 5. The summed E-state index contributed by atoms with van der Waals surface area (Å²) in [6.07, 6.45) is 3.31. The van der Waals surface area contributed by atoms with E-state index in [0.29, 0.717) is 5.92 Å². The van der Waals surface area contributed by atoms with E-state index in [-0.39, 0.29) is 0 Å². The number of hydrogen-bond acceptors (Lipinski definition) is 1. The highest BCUT2D eigenvalue weighted by atomic mass is 15.1. The van der Waals surface area contributed by atoms with Gasteiger partial charge in [0.2, 0.25) is 0 Å². The van der Waals surface area contributed by atoms with Crippen molar-refractivity contribution in [1.29, 1.82) is 0 Å². The highest BCUT2D eigenvalue weighted by Crippen LogP contribution is 2.12. The van der Waals surface area contributed by atoms with Crippen molar-refractivity contribution >= 4 is 0 Å². The minimum Gasteiger partial charge on any atom is -0.378 e. The summed E-state index contributed by atoms with van der Waals surface area (Å²) in [7, 11) is 2.12. The molecule has 0 saturated heterocycles. The normalized spacial score (nSPS) is 12.0. The third-order valence-corrected chi connectivity index (χ3v) is 2.49. The molecule has 0 saturated carbocycles. The van der Waals surface area contributed by atoms with Gasteiger partial charge < -0.3 is 4.90 Å². The van der Waals surface area contributed by atoms with Crippen LogP contribution in [0.25, 0.3) is 0 Å². The van der Waals surface area contributed by atoms with Crippen LogP contribution in [0.1, 0.15) is 34.1 Å². The minimum absolute atomic E-state index is 0.552. The molecule has 0 aliphatic heterocycles. The maximum Gasteiger partial charge on any atom is 0.0208 e. The average molecular weight is 181 g/mol. The van der Waals surface area contributed by atoms with E-state index in [1.807, 2.05) is 0 Å². The first-order valence-electron chi connectivity index (χ1n) is 5.00. The Balaban J connectivity index is 3.88. The largest absolute Gasteiger partial charge is 0.378 e. The van der Waals surface area contributed by atoms with E-state index in [2.05, 4.69) is 52.3 Å². The molecule has 0 heterocycles. The van der Waals surface area contributed by atoms with E-state index in [1.54, 1.807) is 0 Å². The molecule has 0 aromatic carbocycles. The lowest BCUT2D eigenvalue weighted by atomic mass is 10.1. The molecule has 0 rings (SSSR count). The molecule has 1 heteroatoms. The van der Waals surface area contributed by atoms with Crippen LogP contribution in [-0.2, 0) is 0 Å². The Labute approximate surface area is 83.1 Å². The maximum atomic E-state index is 4.06. The van der Waals surface area contributed by atoms with Gasteiger partial charge in [0.25, 0.3) is 0 Å². The lowest BCUT2D eigenvalue weighted by molar-refractivity contribution is 0.380. The fraction of sp³-hybridized carbons (Fsp3) is 0.667. The Kier molecular flexibility index (Phi) is 5.52. The summed E-state index contributed by atoms with van der Waals surface area (Å²) in [6, 6.07) is 0. The maximum absolute atomic E-state index is 4.06. The van der Waals surface area contributed by atoms with Crippen LogP contribution in [-0.4, -0.2) is 18.5 Å². The first-order valence-corrected chi connectivity index (χ1v) is 5.00. The summed E-state index contributed by atoms with van der Waals surface area (Å²) in [5.74, 6) is 0.552. The molecule has 76 valence electrons. The summed E-state index contributed by atoms with van der Waals surface area (Å²) >= 11 is 0. The predicted molar refractivity (Wildman–Crippen MR) is 60.7 cm³/mol. The van der Waals surface area contributed by atoms with Crippen molar-refractivity contribution in [3.05, 3.63) is 23.9 Å². The summed E-state index contributed by atoms with van der Waals surface area (Å²) in [5.41, 5.74) is 2.67. The number of hydrogen-bond donors (Lipinski definition) is 0. The van der Waals surface area contributed by atoms with Gasteiger partial charge in [-0.2, -0.15) is 0 Å². The van der Waals surface area contributed by atoms with Crippen molar-refractivity contribution in [1.82, 2.24) is 4.90 Å². The molecule has 0 bridgehead atoms. The van der Waals surface area contributed by atoms with Crippen molar-refractivity contribution in [2.45, 2.75) is 34.1 Å². The Bertz CT molecular complexity index is 189. The lowest BCUT2D eigenvalue weighted by Gasteiger charge is -2.24. The summed E-state index contributed by atoms with van der Waals surface area (Å²) in [4.78, 5) is 2.25. The molecular weight excluding hydrogens is 158 g/mol. The summed E-state index contributed by atoms with van der Waals surface area (Å²) in [5, 5.41) is 0. The van der Waals surface area contributed by atoms with Crippen molar-refractivity contribution in [2.24, 2.45) is 5.92 Å².